The second-order valence-electron chi connectivity index (χ2n) is 5.30. The zero-order valence-electron chi connectivity index (χ0n) is 13.8. The number of ether oxygens (including phenoxy) is 4. The first-order valence-electron chi connectivity index (χ1n) is 8.20. The summed E-state index contributed by atoms with van der Waals surface area (Å²) in [6.45, 7) is 0.0514. The fourth-order valence-electron chi connectivity index (χ4n) is 1.99. The second-order valence-corrected chi connectivity index (χ2v) is 5.30. The summed E-state index contributed by atoms with van der Waals surface area (Å²) in [4.78, 5) is 45.7. The Hall–Kier alpha value is -2.12. The van der Waals surface area contributed by atoms with Gasteiger partial charge in [-0.2, -0.15) is 0 Å². The molecule has 1 fully saturated rings. The summed E-state index contributed by atoms with van der Waals surface area (Å²) in [5.74, 6) is -1.55. The molecule has 0 aromatic rings. The molecule has 0 atom stereocenters. The van der Waals surface area contributed by atoms with Crippen LogP contribution in [0, 0.1) is 0 Å². The molecule has 0 bridgehead atoms. The smallest absolute Gasteiger partial charge is 0.305 e. The van der Waals surface area contributed by atoms with E-state index in [2.05, 4.69) is 0 Å². The molecule has 8 nitrogen and oxygen atoms in total. The number of carbonyl (C=O) groups excluding carboxylic acids is 4. The zero-order valence-corrected chi connectivity index (χ0v) is 13.8. The Balaban J connectivity index is 2.34. The zero-order chi connectivity index (χ0) is 17.6. The van der Waals surface area contributed by atoms with Gasteiger partial charge in [0.05, 0.1) is 0 Å². The molecule has 0 spiro atoms. The van der Waals surface area contributed by atoms with E-state index < -0.39 is 0 Å². The first kappa shape index (κ1) is 19.9. The van der Waals surface area contributed by atoms with Crippen molar-refractivity contribution in [3.63, 3.8) is 0 Å². The van der Waals surface area contributed by atoms with Crippen molar-refractivity contribution in [3.05, 3.63) is 0 Å². The van der Waals surface area contributed by atoms with Gasteiger partial charge in [0.25, 0.3) is 0 Å². The number of rotatable bonds is 0. The van der Waals surface area contributed by atoms with Gasteiger partial charge in [0.1, 0.15) is 26.4 Å². The summed E-state index contributed by atoms with van der Waals surface area (Å²) < 4.78 is 19.7. The SMILES string of the molecule is O=C1CCCCC(=O)OCCOC(=O)CCCCC(=O)OCCO1. The molecule has 1 aliphatic heterocycles. The quantitative estimate of drug-likeness (QED) is 0.478. The number of carbonyl (C=O) groups is 4. The summed E-state index contributed by atoms with van der Waals surface area (Å²) in [7, 11) is 0. The van der Waals surface area contributed by atoms with Crippen LogP contribution in [0.5, 0.6) is 0 Å². The van der Waals surface area contributed by atoms with Crippen molar-refractivity contribution in [1.29, 1.82) is 0 Å². The van der Waals surface area contributed by atoms with E-state index in [0.717, 1.165) is 0 Å². The lowest BCUT2D eigenvalue weighted by Crippen LogP contribution is -2.15. The lowest BCUT2D eigenvalue weighted by Gasteiger charge is -2.08. The summed E-state index contributed by atoms with van der Waals surface area (Å²) in [6, 6.07) is 0. The molecule has 0 aromatic heterocycles. The molecule has 0 saturated carbocycles. The van der Waals surface area contributed by atoms with Gasteiger partial charge in [-0.05, 0) is 25.7 Å². The van der Waals surface area contributed by atoms with Crippen LogP contribution in [0.4, 0.5) is 0 Å². The lowest BCUT2D eigenvalue weighted by molar-refractivity contribution is -0.153. The van der Waals surface area contributed by atoms with Crippen molar-refractivity contribution in [3.8, 4) is 0 Å². The average molecular weight is 344 g/mol. The molecule has 24 heavy (non-hydrogen) atoms. The largest absolute Gasteiger partial charge is 0.462 e. The van der Waals surface area contributed by atoms with E-state index in [1.807, 2.05) is 0 Å². The van der Waals surface area contributed by atoms with Crippen molar-refractivity contribution in [2.45, 2.75) is 51.4 Å². The molecule has 1 aliphatic rings. The standard InChI is InChI=1S/C16H24O8/c17-13-5-1-2-6-14(18)22-11-12-24-16(20)8-4-3-7-15(19)23-10-9-21-13/h1-12H2. The maximum absolute atomic E-state index is 11.4. The van der Waals surface area contributed by atoms with Gasteiger partial charge < -0.3 is 18.9 Å². The normalized spacial score (nSPS) is 21.0. The summed E-state index contributed by atoms with van der Waals surface area (Å²) in [5, 5.41) is 0. The van der Waals surface area contributed by atoms with Gasteiger partial charge in [0.2, 0.25) is 0 Å². The fraction of sp³-hybridized carbons (Fsp3) is 0.750. The van der Waals surface area contributed by atoms with Gasteiger partial charge in [-0.15, -0.1) is 0 Å². The molecule has 0 aromatic carbocycles. The van der Waals surface area contributed by atoms with Crippen molar-refractivity contribution in [2.75, 3.05) is 26.4 Å². The third kappa shape index (κ3) is 10.6. The molecule has 8 heteroatoms. The molecular formula is C16H24O8. The highest BCUT2D eigenvalue weighted by Crippen LogP contribution is 2.05. The molecule has 0 radical (unpaired) electrons. The van der Waals surface area contributed by atoms with Gasteiger partial charge in [0, 0.05) is 25.7 Å². The van der Waals surface area contributed by atoms with Crippen LogP contribution in [0.15, 0.2) is 0 Å². The molecule has 0 amide bonds. The predicted molar refractivity (Wildman–Crippen MR) is 80.8 cm³/mol. The molecule has 0 aliphatic carbocycles. The first-order valence-corrected chi connectivity index (χ1v) is 8.20. The number of esters is 4. The minimum atomic E-state index is -0.388. The topological polar surface area (TPSA) is 105 Å². The molecular weight excluding hydrogens is 320 g/mol. The van der Waals surface area contributed by atoms with E-state index in [1.54, 1.807) is 0 Å². The Morgan fingerprint density at radius 2 is 0.625 bits per heavy atom. The first-order chi connectivity index (χ1) is 11.6. The summed E-state index contributed by atoms with van der Waals surface area (Å²) >= 11 is 0. The van der Waals surface area contributed by atoms with Crippen LogP contribution >= 0.6 is 0 Å². The predicted octanol–water partition coefficient (Wildman–Crippen LogP) is 1.29. The second kappa shape index (κ2) is 12.3. The molecule has 0 unspecified atom stereocenters. The van der Waals surface area contributed by atoms with Gasteiger partial charge in [0.15, 0.2) is 0 Å². The highest BCUT2D eigenvalue weighted by molar-refractivity contribution is 5.71. The molecule has 1 heterocycles. The highest BCUT2D eigenvalue weighted by atomic mass is 16.6. The number of cyclic esters (lactones) is 4. The van der Waals surface area contributed by atoms with E-state index in [9.17, 15) is 19.2 Å². The minimum Gasteiger partial charge on any atom is -0.462 e. The Bertz CT molecular complexity index is 320. The van der Waals surface area contributed by atoms with Crippen LogP contribution in [0.1, 0.15) is 51.4 Å². The fourth-order valence-corrected chi connectivity index (χ4v) is 1.99. The van der Waals surface area contributed by atoms with Gasteiger partial charge in [-0.1, -0.05) is 0 Å². The van der Waals surface area contributed by atoms with E-state index in [-0.39, 0.29) is 76.0 Å². The van der Waals surface area contributed by atoms with E-state index >= 15 is 0 Å². The molecule has 0 N–H and O–H groups in total. The van der Waals surface area contributed by atoms with Crippen molar-refractivity contribution < 1.29 is 38.1 Å². The van der Waals surface area contributed by atoms with E-state index in [1.165, 1.54) is 0 Å². The maximum Gasteiger partial charge on any atom is 0.305 e. The Morgan fingerprint density at radius 3 is 0.833 bits per heavy atom. The number of hydrogen-bond acceptors (Lipinski definition) is 8. The molecule has 136 valence electrons. The van der Waals surface area contributed by atoms with Crippen LogP contribution in [-0.4, -0.2) is 50.3 Å². The van der Waals surface area contributed by atoms with Crippen LogP contribution in [0.2, 0.25) is 0 Å². The Labute approximate surface area is 140 Å². The van der Waals surface area contributed by atoms with Crippen LogP contribution < -0.4 is 0 Å². The van der Waals surface area contributed by atoms with Crippen LogP contribution in [0.3, 0.4) is 0 Å². The third-order valence-electron chi connectivity index (χ3n) is 3.24. The monoisotopic (exact) mass is 344 g/mol. The summed E-state index contributed by atoms with van der Waals surface area (Å²) in [5.41, 5.74) is 0. The van der Waals surface area contributed by atoms with Gasteiger partial charge >= 0.3 is 23.9 Å². The van der Waals surface area contributed by atoms with Crippen LogP contribution in [-0.2, 0) is 38.1 Å². The Kier molecular flexibility index (Phi) is 10.2. The molecule has 1 rings (SSSR count). The van der Waals surface area contributed by atoms with Crippen molar-refractivity contribution in [2.24, 2.45) is 0 Å². The van der Waals surface area contributed by atoms with E-state index in [4.69, 9.17) is 18.9 Å². The van der Waals surface area contributed by atoms with Gasteiger partial charge in [-0.3, -0.25) is 19.2 Å². The lowest BCUT2D eigenvalue weighted by atomic mass is 10.2. The van der Waals surface area contributed by atoms with Crippen LogP contribution in [0.25, 0.3) is 0 Å². The number of hydrogen-bond donors (Lipinski definition) is 0. The minimum absolute atomic E-state index is 0.0128. The van der Waals surface area contributed by atoms with Crippen molar-refractivity contribution in [1.82, 2.24) is 0 Å². The maximum atomic E-state index is 11.4. The van der Waals surface area contributed by atoms with Crippen molar-refractivity contribution >= 4 is 23.9 Å². The highest BCUT2D eigenvalue weighted by Gasteiger charge is 2.09. The third-order valence-corrected chi connectivity index (χ3v) is 3.24. The van der Waals surface area contributed by atoms with Gasteiger partial charge in [-0.25, -0.2) is 0 Å². The average Bonchev–Trinajstić information content (AvgIpc) is 2.55. The molecule has 1 saturated heterocycles. The summed E-state index contributed by atoms with van der Waals surface area (Å²) in [6.07, 6.45) is 2.78. The Morgan fingerprint density at radius 1 is 0.417 bits per heavy atom. The van der Waals surface area contributed by atoms with E-state index in [0.29, 0.717) is 25.7 Å².